The van der Waals surface area contributed by atoms with Crippen LogP contribution in [-0.4, -0.2) is 0 Å². The second kappa shape index (κ2) is 4.83. The molecule has 0 radical (unpaired) electrons. The Bertz CT molecular complexity index is 388. The minimum atomic E-state index is 0.955. The first-order valence-corrected chi connectivity index (χ1v) is 5.51. The predicted octanol–water partition coefficient (Wildman–Crippen LogP) is 3.86. The molecule has 1 nitrogen and oxygen atoms in total. The van der Waals surface area contributed by atoms with Crippen molar-refractivity contribution in [1.82, 2.24) is 0 Å². The Kier molecular flexibility index (Phi) is 3.23. The van der Waals surface area contributed by atoms with Crippen LogP contribution < -0.4 is 4.74 Å². The van der Waals surface area contributed by atoms with E-state index in [9.17, 15) is 0 Å². The molecular formula is C14H16O. The maximum atomic E-state index is 5.81. The zero-order valence-electron chi connectivity index (χ0n) is 9.07. The Labute approximate surface area is 91.1 Å². The fourth-order valence-corrected chi connectivity index (χ4v) is 1.65. The lowest BCUT2D eigenvalue weighted by molar-refractivity contribution is 0.402. The summed E-state index contributed by atoms with van der Waals surface area (Å²) in [4.78, 5) is 0. The average molecular weight is 200 g/mol. The summed E-state index contributed by atoms with van der Waals surface area (Å²) >= 11 is 0. The molecule has 1 aromatic rings. The maximum absolute atomic E-state index is 5.81. The summed E-state index contributed by atoms with van der Waals surface area (Å²) < 4.78 is 5.81. The SMILES string of the molecule is CCc1cccc(OC2=CC=CCC2)c1. The standard InChI is InChI=1S/C14H16O/c1-2-12-7-6-10-14(11-12)15-13-8-4-3-5-9-13/h3-4,6-8,10-11H,2,5,9H2,1H3. The van der Waals surface area contributed by atoms with Gasteiger partial charge in [0.05, 0.1) is 0 Å². The van der Waals surface area contributed by atoms with E-state index in [0.29, 0.717) is 0 Å². The zero-order valence-corrected chi connectivity index (χ0v) is 9.07. The van der Waals surface area contributed by atoms with Crippen molar-refractivity contribution in [2.45, 2.75) is 26.2 Å². The Morgan fingerprint density at radius 3 is 3.00 bits per heavy atom. The van der Waals surface area contributed by atoms with Gasteiger partial charge in [-0.3, -0.25) is 0 Å². The van der Waals surface area contributed by atoms with E-state index in [1.54, 1.807) is 0 Å². The molecule has 0 unspecified atom stereocenters. The topological polar surface area (TPSA) is 9.23 Å². The molecule has 0 aromatic heterocycles. The molecule has 0 saturated carbocycles. The minimum Gasteiger partial charge on any atom is -0.462 e. The van der Waals surface area contributed by atoms with Crippen LogP contribution in [-0.2, 0) is 6.42 Å². The molecule has 0 N–H and O–H groups in total. The zero-order chi connectivity index (χ0) is 10.5. The van der Waals surface area contributed by atoms with Crippen molar-refractivity contribution in [1.29, 1.82) is 0 Å². The van der Waals surface area contributed by atoms with E-state index in [0.717, 1.165) is 30.8 Å². The smallest absolute Gasteiger partial charge is 0.127 e. The largest absolute Gasteiger partial charge is 0.462 e. The van der Waals surface area contributed by atoms with Crippen LogP contribution in [0.5, 0.6) is 5.75 Å². The molecule has 1 aliphatic rings. The molecule has 78 valence electrons. The van der Waals surface area contributed by atoms with E-state index in [1.165, 1.54) is 5.56 Å². The molecule has 0 saturated heterocycles. The molecular weight excluding hydrogens is 184 g/mol. The lowest BCUT2D eigenvalue weighted by Crippen LogP contribution is -1.97. The quantitative estimate of drug-likeness (QED) is 0.719. The number of aryl methyl sites for hydroxylation is 1. The Balaban J connectivity index is 2.09. The van der Waals surface area contributed by atoms with Crippen LogP contribution in [0.15, 0.2) is 48.3 Å². The van der Waals surface area contributed by atoms with E-state index in [2.05, 4.69) is 31.2 Å². The Morgan fingerprint density at radius 1 is 1.33 bits per heavy atom. The summed E-state index contributed by atoms with van der Waals surface area (Å²) in [6.45, 7) is 2.15. The molecule has 0 atom stereocenters. The summed E-state index contributed by atoms with van der Waals surface area (Å²) in [7, 11) is 0. The van der Waals surface area contributed by atoms with Gasteiger partial charge in [0.2, 0.25) is 0 Å². The highest BCUT2D eigenvalue weighted by atomic mass is 16.5. The highest BCUT2D eigenvalue weighted by molar-refractivity contribution is 5.30. The number of rotatable bonds is 3. The molecule has 1 heteroatoms. The molecule has 0 bridgehead atoms. The molecule has 1 aromatic carbocycles. The summed E-state index contributed by atoms with van der Waals surface area (Å²) in [5, 5.41) is 0. The summed E-state index contributed by atoms with van der Waals surface area (Å²) in [6, 6.07) is 8.30. The Hall–Kier alpha value is -1.50. The molecule has 0 aliphatic heterocycles. The van der Waals surface area contributed by atoms with Crippen LogP contribution >= 0.6 is 0 Å². The average Bonchev–Trinajstić information content (AvgIpc) is 2.31. The first kappa shape index (κ1) is 10.0. The van der Waals surface area contributed by atoms with E-state index < -0.39 is 0 Å². The lowest BCUT2D eigenvalue weighted by atomic mass is 10.1. The van der Waals surface area contributed by atoms with Gasteiger partial charge in [-0.1, -0.05) is 31.2 Å². The molecule has 0 amide bonds. The van der Waals surface area contributed by atoms with Gasteiger partial charge in [-0.2, -0.15) is 0 Å². The van der Waals surface area contributed by atoms with Gasteiger partial charge in [-0.05, 0) is 36.6 Å². The van der Waals surface area contributed by atoms with Gasteiger partial charge in [-0.15, -0.1) is 0 Å². The highest BCUT2D eigenvalue weighted by Crippen LogP contribution is 2.20. The molecule has 15 heavy (non-hydrogen) atoms. The van der Waals surface area contributed by atoms with Crippen LogP contribution in [0.2, 0.25) is 0 Å². The van der Waals surface area contributed by atoms with Crippen LogP contribution in [0.4, 0.5) is 0 Å². The van der Waals surface area contributed by atoms with Gasteiger partial charge in [0.1, 0.15) is 11.5 Å². The fourth-order valence-electron chi connectivity index (χ4n) is 1.65. The van der Waals surface area contributed by atoms with Gasteiger partial charge in [-0.25, -0.2) is 0 Å². The maximum Gasteiger partial charge on any atom is 0.127 e. The van der Waals surface area contributed by atoms with Crippen molar-refractivity contribution in [2.75, 3.05) is 0 Å². The van der Waals surface area contributed by atoms with Gasteiger partial charge >= 0.3 is 0 Å². The van der Waals surface area contributed by atoms with Crippen LogP contribution in [0.25, 0.3) is 0 Å². The first-order valence-electron chi connectivity index (χ1n) is 5.51. The van der Waals surface area contributed by atoms with Crippen LogP contribution in [0.3, 0.4) is 0 Å². The molecule has 0 spiro atoms. The number of allylic oxidation sites excluding steroid dienone is 4. The molecule has 0 fully saturated rings. The number of hydrogen-bond acceptors (Lipinski definition) is 1. The monoisotopic (exact) mass is 200 g/mol. The third kappa shape index (κ3) is 2.72. The van der Waals surface area contributed by atoms with Crippen LogP contribution in [0.1, 0.15) is 25.3 Å². The van der Waals surface area contributed by atoms with Gasteiger partial charge in [0, 0.05) is 6.42 Å². The summed E-state index contributed by atoms with van der Waals surface area (Å²) in [5.74, 6) is 2.02. The van der Waals surface area contributed by atoms with Crippen LogP contribution in [0, 0.1) is 0 Å². The second-order valence-electron chi connectivity index (χ2n) is 3.70. The highest BCUT2D eigenvalue weighted by Gasteiger charge is 2.02. The van der Waals surface area contributed by atoms with Crippen molar-refractivity contribution in [2.24, 2.45) is 0 Å². The molecule has 0 heterocycles. The molecule has 2 rings (SSSR count). The molecule has 1 aliphatic carbocycles. The van der Waals surface area contributed by atoms with Crippen molar-refractivity contribution in [3.05, 3.63) is 53.8 Å². The number of hydrogen-bond donors (Lipinski definition) is 0. The Morgan fingerprint density at radius 2 is 2.27 bits per heavy atom. The number of ether oxygens (including phenoxy) is 1. The summed E-state index contributed by atoms with van der Waals surface area (Å²) in [6.07, 6.45) is 9.41. The van der Waals surface area contributed by atoms with Gasteiger partial charge in [0.25, 0.3) is 0 Å². The van der Waals surface area contributed by atoms with E-state index in [-0.39, 0.29) is 0 Å². The predicted molar refractivity (Wildman–Crippen MR) is 62.9 cm³/mol. The van der Waals surface area contributed by atoms with Crippen molar-refractivity contribution in [3.63, 3.8) is 0 Å². The van der Waals surface area contributed by atoms with E-state index in [4.69, 9.17) is 4.74 Å². The van der Waals surface area contributed by atoms with Gasteiger partial charge in [0.15, 0.2) is 0 Å². The number of benzene rings is 1. The van der Waals surface area contributed by atoms with Gasteiger partial charge < -0.3 is 4.74 Å². The third-order valence-corrected chi connectivity index (χ3v) is 2.53. The first-order chi connectivity index (χ1) is 7.38. The summed E-state index contributed by atoms with van der Waals surface area (Å²) in [5.41, 5.74) is 1.32. The third-order valence-electron chi connectivity index (χ3n) is 2.53. The van der Waals surface area contributed by atoms with Crippen molar-refractivity contribution >= 4 is 0 Å². The second-order valence-corrected chi connectivity index (χ2v) is 3.70. The van der Waals surface area contributed by atoms with Crippen molar-refractivity contribution in [3.8, 4) is 5.75 Å². The minimum absolute atomic E-state index is 0.955. The normalized spacial score (nSPS) is 14.9. The lowest BCUT2D eigenvalue weighted by Gasteiger charge is -2.11. The van der Waals surface area contributed by atoms with E-state index in [1.807, 2.05) is 18.2 Å². The fraction of sp³-hybridized carbons (Fsp3) is 0.286. The van der Waals surface area contributed by atoms with E-state index >= 15 is 0 Å². The van der Waals surface area contributed by atoms with Crippen molar-refractivity contribution < 1.29 is 4.74 Å².